The lowest BCUT2D eigenvalue weighted by Crippen LogP contribution is -2.19. The minimum absolute atomic E-state index is 0.0149. The lowest BCUT2D eigenvalue weighted by molar-refractivity contribution is -0.118. The van der Waals surface area contributed by atoms with Crippen molar-refractivity contribution in [3.8, 4) is 0 Å². The van der Waals surface area contributed by atoms with E-state index in [1.165, 1.54) is 35.1 Å². The molecule has 2 amide bonds. The van der Waals surface area contributed by atoms with E-state index in [1.54, 1.807) is 6.20 Å². The molecule has 0 bridgehead atoms. The summed E-state index contributed by atoms with van der Waals surface area (Å²) in [5, 5.41) is 9.43. The summed E-state index contributed by atoms with van der Waals surface area (Å²) in [5.41, 5.74) is 1.03. The smallest absolute Gasteiger partial charge is 0.246 e. The molecule has 2 aromatic rings. The van der Waals surface area contributed by atoms with Gasteiger partial charge in [0.15, 0.2) is 0 Å². The van der Waals surface area contributed by atoms with E-state index in [2.05, 4.69) is 15.7 Å². The maximum absolute atomic E-state index is 12.8. The van der Waals surface area contributed by atoms with E-state index in [-0.39, 0.29) is 30.3 Å². The van der Waals surface area contributed by atoms with Crippen LogP contribution >= 0.6 is 0 Å². The Morgan fingerprint density at radius 2 is 1.96 bits per heavy atom. The van der Waals surface area contributed by atoms with Crippen LogP contribution in [0.15, 0.2) is 36.7 Å². The molecule has 0 aliphatic carbocycles. The van der Waals surface area contributed by atoms with Gasteiger partial charge in [-0.2, -0.15) is 5.10 Å². The lowest BCUT2D eigenvalue weighted by atomic mass is 10.2. The van der Waals surface area contributed by atoms with Crippen LogP contribution in [0.25, 0.3) is 0 Å². The first kappa shape index (κ1) is 17.1. The van der Waals surface area contributed by atoms with Gasteiger partial charge in [-0.05, 0) is 37.1 Å². The molecule has 0 spiro atoms. The van der Waals surface area contributed by atoms with Crippen molar-refractivity contribution in [3.05, 3.63) is 42.5 Å². The molecular weight excluding hydrogens is 327 g/mol. The van der Waals surface area contributed by atoms with Gasteiger partial charge in [0.1, 0.15) is 12.4 Å². The van der Waals surface area contributed by atoms with Gasteiger partial charge in [-0.1, -0.05) is 0 Å². The summed E-state index contributed by atoms with van der Waals surface area (Å²) in [6, 6.07) is 5.50. The quantitative estimate of drug-likeness (QED) is 0.839. The number of benzene rings is 1. The summed E-state index contributed by atoms with van der Waals surface area (Å²) in [5.74, 6) is -0.803. The number of amides is 2. The molecule has 7 nitrogen and oxygen atoms in total. The highest BCUT2D eigenvalue weighted by Gasteiger charge is 2.19. The summed E-state index contributed by atoms with van der Waals surface area (Å²) in [6.45, 7) is 0.692. The highest BCUT2D eigenvalue weighted by atomic mass is 19.1. The van der Waals surface area contributed by atoms with Crippen LogP contribution in [0.5, 0.6) is 0 Å². The molecule has 1 fully saturated rings. The van der Waals surface area contributed by atoms with Crippen molar-refractivity contribution >= 4 is 23.2 Å². The first-order valence-corrected chi connectivity index (χ1v) is 8.08. The Morgan fingerprint density at radius 1 is 1.20 bits per heavy atom. The molecule has 0 radical (unpaired) electrons. The van der Waals surface area contributed by atoms with Gasteiger partial charge in [-0.3, -0.25) is 14.3 Å². The molecular formula is C17H19FN4O3. The summed E-state index contributed by atoms with van der Waals surface area (Å²) >= 11 is 0. The van der Waals surface area contributed by atoms with Crippen LogP contribution < -0.4 is 10.6 Å². The van der Waals surface area contributed by atoms with E-state index >= 15 is 0 Å². The number of halogens is 1. The predicted molar refractivity (Wildman–Crippen MR) is 89.5 cm³/mol. The van der Waals surface area contributed by atoms with Gasteiger partial charge in [0.25, 0.3) is 0 Å². The summed E-state index contributed by atoms with van der Waals surface area (Å²) < 4.78 is 19.7. The van der Waals surface area contributed by atoms with E-state index in [4.69, 9.17) is 4.74 Å². The fourth-order valence-corrected chi connectivity index (χ4v) is 2.62. The molecule has 1 atom stereocenters. The zero-order valence-corrected chi connectivity index (χ0v) is 13.6. The van der Waals surface area contributed by atoms with Crippen LogP contribution in [0.2, 0.25) is 0 Å². The number of carbonyl (C=O) groups is 2. The molecule has 1 aromatic carbocycles. The summed E-state index contributed by atoms with van der Waals surface area (Å²) in [6.07, 6.45) is 5.25. The fraction of sp³-hybridized carbons (Fsp3) is 0.353. The average molecular weight is 346 g/mol. The van der Waals surface area contributed by atoms with Crippen LogP contribution in [-0.2, 0) is 20.9 Å². The Kier molecular flexibility index (Phi) is 5.39. The minimum Gasteiger partial charge on any atom is -0.378 e. The second kappa shape index (κ2) is 7.89. The first-order valence-electron chi connectivity index (χ1n) is 8.08. The number of ether oxygens (including phenoxy) is 1. The zero-order valence-electron chi connectivity index (χ0n) is 13.6. The Hall–Kier alpha value is -2.74. The van der Waals surface area contributed by atoms with Crippen molar-refractivity contribution in [3.63, 3.8) is 0 Å². The van der Waals surface area contributed by atoms with Crippen LogP contribution in [0, 0.1) is 5.82 Å². The largest absolute Gasteiger partial charge is 0.378 e. The number of hydrogen-bond acceptors (Lipinski definition) is 4. The molecule has 2 N–H and O–H groups in total. The highest BCUT2D eigenvalue weighted by molar-refractivity contribution is 5.91. The predicted octanol–water partition coefficient (Wildman–Crippen LogP) is 2.17. The van der Waals surface area contributed by atoms with Gasteiger partial charge < -0.3 is 15.4 Å². The SMILES string of the molecule is O=C(C[C@H]1CCCO1)Nc1cnn(CC(=O)Nc2ccc(F)cc2)c1. The zero-order chi connectivity index (χ0) is 17.6. The van der Waals surface area contributed by atoms with Crippen LogP contribution in [0.4, 0.5) is 15.8 Å². The van der Waals surface area contributed by atoms with Gasteiger partial charge in [0, 0.05) is 18.5 Å². The van der Waals surface area contributed by atoms with Crippen LogP contribution in [0.3, 0.4) is 0 Å². The Balaban J connectivity index is 1.48. The first-order chi connectivity index (χ1) is 12.1. The average Bonchev–Trinajstić information content (AvgIpc) is 3.22. The lowest BCUT2D eigenvalue weighted by Gasteiger charge is -2.08. The Morgan fingerprint density at radius 3 is 2.68 bits per heavy atom. The summed E-state index contributed by atoms with van der Waals surface area (Å²) in [7, 11) is 0. The normalized spacial score (nSPS) is 16.6. The molecule has 2 heterocycles. The van der Waals surface area contributed by atoms with E-state index in [1.807, 2.05) is 0 Å². The standard InChI is InChI=1S/C17H19FN4O3/c18-12-3-5-13(6-4-12)20-17(24)11-22-10-14(9-19-22)21-16(23)8-15-2-1-7-25-15/h3-6,9-10,15H,1-2,7-8,11H2,(H,20,24)(H,21,23)/t15-/m1/s1. The van der Waals surface area contributed by atoms with E-state index in [9.17, 15) is 14.0 Å². The van der Waals surface area contributed by atoms with E-state index in [0.717, 1.165) is 12.8 Å². The number of anilines is 2. The number of nitrogens with one attached hydrogen (secondary N) is 2. The van der Waals surface area contributed by atoms with Crippen molar-refractivity contribution < 1.29 is 18.7 Å². The van der Waals surface area contributed by atoms with Gasteiger partial charge in [-0.25, -0.2) is 4.39 Å². The number of aromatic nitrogens is 2. The van der Waals surface area contributed by atoms with Crippen LogP contribution in [-0.4, -0.2) is 34.3 Å². The third-order valence-corrected chi connectivity index (χ3v) is 3.79. The topological polar surface area (TPSA) is 85.2 Å². The van der Waals surface area contributed by atoms with Gasteiger partial charge in [0.2, 0.25) is 11.8 Å². The molecule has 25 heavy (non-hydrogen) atoms. The Bertz CT molecular complexity index is 739. The monoisotopic (exact) mass is 346 g/mol. The molecule has 1 saturated heterocycles. The fourth-order valence-electron chi connectivity index (χ4n) is 2.62. The molecule has 1 aliphatic rings. The number of nitrogens with zero attached hydrogens (tertiary/aromatic N) is 2. The number of rotatable bonds is 6. The maximum atomic E-state index is 12.8. The van der Waals surface area contributed by atoms with Crippen LogP contribution in [0.1, 0.15) is 19.3 Å². The van der Waals surface area contributed by atoms with Crippen molar-refractivity contribution in [2.24, 2.45) is 0 Å². The molecule has 1 aromatic heterocycles. The molecule has 1 aliphatic heterocycles. The van der Waals surface area contributed by atoms with Gasteiger partial charge in [-0.15, -0.1) is 0 Å². The molecule has 3 rings (SSSR count). The van der Waals surface area contributed by atoms with Crippen molar-refractivity contribution in [2.75, 3.05) is 17.2 Å². The maximum Gasteiger partial charge on any atom is 0.246 e. The molecule has 132 valence electrons. The highest BCUT2D eigenvalue weighted by Crippen LogP contribution is 2.16. The molecule has 8 heteroatoms. The number of carbonyl (C=O) groups excluding carboxylic acids is 2. The third kappa shape index (κ3) is 5.12. The van der Waals surface area contributed by atoms with Crippen molar-refractivity contribution in [2.45, 2.75) is 31.9 Å². The van der Waals surface area contributed by atoms with Crippen molar-refractivity contribution in [1.82, 2.24) is 9.78 Å². The minimum atomic E-state index is -0.367. The second-order valence-electron chi connectivity index (χ2n) is 5.87. The third-order valence-electron chi connectivity index (χ3n) is 3.79. The van der Waals surface area contributed by atoms with Gasteiger partial charge >= 0.3 is 0 Å². The second-order valence-corrected chi connectivity index (χ2v) is 5.87. The Labute approximate surface area is 144 Å². The molecule has 0 unspecified atom stereocenters. The van der Waals surface area contributed by atoms with E-state index in [0.29, 0.717) is 24.4 Å². The number of hydrogen-bond donors (Lipinski definition) is 2. The van der Waals surface area contributed by atoms with E-state index < -0.39 is 0 Å². The van der Waals surface area contributed by atoms with Gasteiger partial charge in [0.05, 0.1) is 24.4 Å². The summed E-state index contributed by atoms with van der Waals surface area (Å²) in [4.78, 5) is 23.9. The molecule has 0 saturated carbocycles. The van der Waals surface area contributed by atoms with Crippen molar-refractivity contribution in [1.29, 1.82) is 0 Å².